The summed E-state index contributed by atoms with van der Waals surface area (Å²) in [6, 6.07) is 8.30. The lowest BCUT2D eigenvalue weighted by atomic mass is 10.1. The summed E-state index contributed by atoms with van der Waals surface area (Å²) in [6.07, 6.45) is -0.529. The van der Waals surface area contributed by atoms with Crippen LogP contribution in [0.3, 0.4) is 0 Å². The van der Waals surface area contributed by atoms with Crippen LogP contribution in [0.25, 0.3) is 0 Å². The van der Waals surface area contributed by atoms with E-state index in [9.17, 15) is 29.6 Å². The molecule has 10 nitrogen and oxygen atoms in total. The van der Waals surface area contributed by atoms with Crippen LogP contribution >= 0.6 is 0 Å². The van der Waals surface area contributed by atoms with E-state index in [4.69, 9.17) is 4.74 Å². The number of carbonyl (C=O) groups is 3. The lowest BCUT2D eigenvalue weighted by molar-refractivity contribution is -0.384. The van der Waals surface area contributed by atoms with Gasteiger partial charge in [0.1, 0.15) is 5.75 Å². The van der Waals surface area contributed by atoms with Crippen LogP contribution in [0.2, 0.25) is 0 Å². The van der Waals surface area contributed by atoms with E-state index < -0.39 is 29.3 Å². The predicted octanol–water partition coefficient (Wildman–Crippen LogP) is 1.37. The van der Waals surface area contributed by atoms with Crippen molar-refractivity contribution < 1.29 is 29.2 Å². The van der Waals surface area contributed by atoms with E-state index in [1.165, 1.54) is 32.2 Å². The van der Waals surface area contributed by atoms with Crippen LogP contribution in [-0.2, 0) is 9.59 Å². The smallest absolute Gasteiger partial charge is 0.271 e. The highest BCUT2D eigenvalue weighted by Gasteiger charge is 2.19. The molecule has 2 rings (SSSR count). The van der Waals surface area contributed by atoms with Gasteiger partial charge in [0, 0.05) is 23.4 Å². The number of ketones is 1. The molecule has 2 aromatic carbocycles. The lowest BCUT2D eigenvalue weighted by Crippen LogP contribution is -2.43. The number of carbonyl (C=O) groups excluding carboxylic acids is 3. The number of nitrogens with one attached hydrogen (secondary N) is 2. The van der Waals surface area contributed by atoms with Gasteiger partial charge in [0.15, 0.2) is 5.78 Å². The van der Waals surface area contributed by atoms with Crippen LogP contribution in [0.15, 0.2) is 42.5 Å². The van der Waals surface area contributed by atoms with Crippen LogP contribution in [0.1, 0.15) is 23.7 Å². The van der Waals surface area contributed by atoms with Gasteiger partial charge in [-0.2, -0.15) is 0 Å². The summed E-state index contributed by atoms with van der Waals surface area (Å²) in [5.41, 5.74) is 0.463. The second kappa shape index (κ2) is 9.31. The summed E-state index contributed by atoms with van der Waals surface area (Å²) in [5.74, 6) is -2.26. The first-order valence-corrected chi connectivity index (χ1v) is 8.42. The molecule has 0 heterocycles. The fourth-order valence-corrected chi connectivity index (χ4v) is 2.52. The number of hydrogen-bond donors (Lipinski definition) is 2. The molecule has 0 spiro atoms. The Kier molecular flexibility index (Phi) is 6.85. The Balaban J connectivity index is 2.16. The lowest BCUT2D eigenvalue weighted by Gasteiger charge is -2.21. The number of amides is 1. The zero-order valence-electron chi connectivity index (χ0n) is 15.6. The first-order chi connectivity index (χ1) is 13.7. The van der Waals surface area contributed by atoms with Crippen LogP contribution in [0, 0.1) is 10.1 Å². The molecule has 152 valence electrons. The summed E-state index contributed by atoms with van der Waals surface area (Å²) in [4.78, 5) is 45.5. The largest absolute Gasteiger partial charge is 0.548 e. The van der Waals surface area contributed by atoms with E-state index in [-0.39, 0.29) is 22.9 Å². The quantitative estimate of drug-likeness (QED) is 0.364. The molecule has 29 heavy (non-hydrogen) atoms. The Hall–Kier alpha value is -3.95. The van der Waals surface area contributed by atoms with E-state index in [2.05, 4.69) is 10.6 Å². The molecule has 0 radical (unpaired) electrons. The number of Topliss-reactive ketones (excluding diaryl/α,β-unsaturated/α-hetero) is 1. The number of carboxylic acid groups (broad SMARTS) is 1. The van der Waals surface area contributed by atoms with Gasteiger partial charge < -0.3 is 25.3 Å². The predicted molar refractivity (Wildman–Crippen MR) is 102 cm³/mol. The van der Waals surface area contributed by atoms with Crippen molar-refractivity contribution in [1.82, 2.24) is 0 Å². The number of hydrogen-bond acceptors (Lipinski definition) is 8. The van der Waals surface area contributed by atoms with Crippen LogP contribution in [0.4, 0.5) is 17.1 Å². The molecule has 0 aromatic heterocycles. The molecule has 0 saturated carbocycles. The minimum atomic E-state index is -1.58. The molecule has 0 fully saturated rings. The second-order valence-corrected chi connectivity index (χ2v) is 6.05. The van der Waals surface area contributed by atoms with E-state index >= 15 is 0 Å². The first-order valence-electron chi connectivity index (χ1n) is 8.42. The normalized spacial score (nSPS) is 11.2. The highest BCUT2D eigenvalue weighted by molar-refractivity contribution is 5.98. The number of methoxy groups -OCH3 is 1. The van der Waals surface area contributed by atoms with Gasteiger partial charge in [-0.05, 0) is 25.1 Å². The molecule has 1 amide bonds. The molecule has 2 N–H and O–H groups in total. The summed E-state index contributed by atoms with van der Waals surface area (Å²) in [5, 5.41) is 27.5. The molecule has 0 aliphatic heterocycles. The number of nitrogens with zero attached hydrogens (tertiary/aromatic N) is 1. The zero-order valence-corrected chi connectivity index (χ0v) is 15.6. The number of aliphatic carboxylic acids is 1. The second-order valence-electron chi connectivity index (χ2n) is 6.05. The summed E-state index contributed by atoms with van der Waals surface area (Å²) < 4.78 is 5.07. The van der Waals surface area contributed by atoms with Crippen molar-refractivity contribution in [2.75, 3.05) is 17.7 Å². The van der Waals surface area contributed by atoms with Crippen molar-refractivity contribution in [3.63, 3.8) is 0 Å². The topological polar surface area (TPSA) is 151 Å². The van der Waals surface area contributed by atoms with Crippen molar-refractivity contribution in [3.8, 4) is 5.75 Å². The minimum Gasteiger partial charge on any atom is -0.548 e. The van der Waals surface area contributed by atoms with E-state index in [0.717, 1.165) is 6.07 Å². The number of anilines is 2. The molecule has 0 bridgehead atoms. The van der Waals surface area contributed by atoms with Gasteiger partial charge in [0.25, 0.3) is 5.69 Å². The van der Waals surface area contributed by atoms with Crippen molar-refractivity contribution in [1.29, 1.82) is 0 Å². The molecule has 2 aromatic rings. The van der Waals surface area contributed by atoms with Gasteiger partial charge >= 0.3 is 0 Å². The number of nitro groups is 1. The molecule has 0 aliphatic carbocycles. The van der Waals surface area contributed by atoms with Gasteiger partial charge in [-0.3, -0.25) is 19.7 Å². The molecule has 1 atom stereocenters. The Morgan fingerprint density at radius 1 is 1.17 bits per heavy atom. The van der Waals surface area contributed by atoms with Crippen molar-refractivity contribution >= 4 is 34.7 Å². The van der Waals surface area contributed by atoms with Gasteiger partial charge in [-0.1, -0.05) is 12.1 Å². The maximum Gasteiger partial charge on any atom is 0.271 e. The van der Waals surface area contributed by atoms with E-state index in [0.29, 0.717) is 11.3 Å². The van der Waals surface area contributed by atoms with Crippen molar-refractivity contribution in [3.05, 3.63) is 58.1 Å². The number of carboxylic acids is 1. The third-order valence-corrected chi connectivity index (χ3v) is 3.95. The van der Waals surface area contributed by atoms with E-state index in [1.807, 2.05) is 0 Å². The third-order valence-electron chi connectivity index (χ3n) is 3.95. The number of nitro benzene ring substituents is 1. The fraction of sp³-hybridized carbons (Fsp3) is 0.211. The Labute approximate surface area is 165 Å². The first kappa shape index (κ1) is 21.4. The van der Waals surface area contributed by atoms with Gasteiger partial charge in [0.05, 0.1) is 36.2 Å². The summed E-state index contributed by atoms with van der Waals surface area (Å²) in [7, 11) is 1.31. The molecule has 10 heteroatoms. The van der Waals surface area contributed by atoms with E-state index in [1.54, 1.807) is 18.2 Å². The average molecular weight is 400 g/mol. The molecule has 0 saturated heterocycles. The average Bonchev–Trinajstić information content (AvgIpc) is 2.67. The maximum absolute atomic E-state index is 12.3. The zero-order chi connectivity index (χ0) is 21.6. The van der Waals surface area contributed by atoms with Crippen LogP contribution < -0.4 is 20.5 Å². The van der Waals surface area contributed by atoms with Crippen LogP contribution in [0.5, 0.6) is 5.75 Å². The van der Waals surface area contributed by atoms with Crippen LogP contribution in [-0.4, -0.2) is 35.7 Å². The molecule has 0 aliphatic rings. The van der Waals surface area contributed by atoms with Crippen molar-refractivity contribution in [2.24, 2.45) is 0 Å². The standard InChI is InChI=1S/C19H19N3O7/c1-11(23)12-4-3-5-13(8-12)20-18(24)10-16(19(25)26)21-15-9-14(22(27)28)6-7-17(15)29-2/h3-9,16,21H,10H2,1-2H3,(H,20,24)(H,25,26)/p-1/t16-/m0/s1. The SMILES string of the molecule is COc1ccc([N+](=O)[O-])cc1N[C@@H](CC(=O)Nc1cccc(C(C)=O)c1)C(=O)[O-]. The monoisotopic (exact) mass is 400 g/mol. The fourth-order valence-electron chi connectivity index (χ4n) is 2.52. The molecule has 0 unspecified atom stereocenters. The number of rotatable bonds is 9. The Morgan fingerprint density at radius 3 is 2.48 bits per heavy atom. The summed E-state index contributed by atoms with van der Waals surface area (Å²) >= 11 is 0. The highest BCUT2D eigenvalue weighted by atomic mass is 16.6. The van der Waals surface area contributed by atoms with Gasteiger partial charge in [-0.25, -0.2) is 0 Å². The number of benzene rings is 2. The third kappa shape index (κ3) is 5.76. The number of ether oxygens (including phenoxy) is 1. The van der Waals surface area contributed by atoms with Gasteiger partial charge in [-0.15, -0.1) is 0 Å². The highest BCUT2D eigenvalue weighted by Crippen LogP contribution is 2.29. The maximum atomic E-state index is 12.3. The van der Waals surface area contributed by atoms with Gasteiger partial charge in [0.2, 0.25) is 5.91 Å². The molecular weight excluding hydrogens is 382 g/mol. The summed E-state index contributed by atoms with van der Waals surface area (Å²) in [6.45, 7) is 1.38. The molecular formula is C19H18N3O7-. The van der Waals surface area contributed by atoms with Crippen molar-refractivity contribution in [2.45, 2.75) is 19.4 Å². The Morgan fingerprint density at radius 2 is 1.90 bits per heavy atom. The Bertz CT molecular complexity index is 959. The number of non-ortho nitro benzene ring substituents is 1. The minimum absolute atomic E-state index is 0.0299.